The number of benzene rings is 1. The third kappa shape index (κ3) is 3.55. The average molecular weight is 271 g/mol. The molecule has 1 N–H and O–H groups in total. The first-order chi connectivity index (χ1) is 9.69. The standard InChI is InChI=1S/C14H13N3O3/c1-2-17-9-8-12(15-13(17)18)16-14(19)20-10-11-6-4-3-5-7-11/h2-9H,1,10H2,(H,15,16,18,19). The van der Waals surface area contributed by atoms with E-state index in [1.54, 1.807) is 0 Å². The monoisotopic (exact) mass is 271 g/mol. The summed E-state index contributed by atoms with van der Waals surface area (Å²) in [6.45, 7) is 3.61. The third-order valence-corrected chi connectivity index (χ3v) is 2.47. The zero-order valence-electron chi connectivity index (χ0n) is 10.7. The fourth-order valence-electron chi connectivity index (χ4n) is 1.49. The first-order valence-corrected chi connectivity index (χ1v) is 5.88. The third-order valence-electron chi connectivity index (χ3n) is 2.47. The highest BCUT2D eigenvalue weighted by Gasteiger charge is 2.05. The van der Waals surface area contributed by atoms with E-state index in [2.05, 4.69) is 16.9 Å². The van der Waals surface area contributed by atoms with E-state index in [1.807, 2.05) is 30.3 Å². The lowest BCUT2D eigenvalue weighted by Gasteiger charge is -2.06. The Morgan fingerprint density at radius 2 is 2.10 bits per heavy atom. The smallest absolute Gasteiger partial charge is 0.413 e. The van der Waals surface area contributed by atoms with Crippen molar-refractivity contribution in [1.82, 2.24) is 9.55 Å². The summed E-state index contributed by atoms with van der Waals surface area (Å²) < 4.78 is 6.20. The minimum Gasteiger partial charge on any atom is -0.444 e. The van der Waals surface area contributed by atoms with Gasteiger partial charge in [-0.25, -0.2) is 9.59 Å². The number of anilines is 1. The van der Waals surface area contributed by atoms with Crippen molar-refractivity contribution in [1.29, 1.82) is 0 Å². The van der Waals surface area contributed by atoms with Crippen LogP contribution >= 0.6 is 0 Å². The lowest BCUT2D eigenvalue weighted by atomic mass is 10.2. The van der Waals surface area contributed by atoms with E-state index in [1.165, 1.54) is 23.0 Å². The topological polar surface area (TPSA) is 73.2 Å². The van der Waals surface area contributed by atoms with Crippen molar-refractivity contribution in [2.75, 3.05) is 5.32 Å². The van der Waals surface area contributed by atoms with E-state index in [4.69, 9.17) is 4.74 Å². The zero-order chi connectivity index (χ0) is 14.4. The van der Waals surface area contributed by atoms with Gasteiger partial charge in [-0.15, -0.1) is 0 Å². The lowest BCUT2D eigenvalue weighted by Crippen LogP contribution is -2.22. The van der Waals surface area contributed by atoms with Gasteiger partial charge in [-0.3, -0.25) is 9.88 Å². The van der Waals surface area contributed by atoms with Crippen LogP contribution in [0.1, 0.15) is 5.56 Å². The summed E-state index contributed by atoms with van der Waals surface area (Å²) in [4.78, 5) is 26.6. The molecule has 102 valence electrons. The Bertz CT molecular complexity index is 665. The molecule has 0 radical (unpaired) electrons. The molecular formula is C14H13N3O3. The number of carbonyl (C=O) groups is 1. The van der Waals surface area contributed by atoms with Gasteiger partial charge in [0.2, 0.25) is 0 Å². The van der Waals surface area contributed by atoms with E-state index in [-0.39, 0.29) is 12.4 Å². The molecule has 6 heteroatoms. The summed E-state index contributed by atoms with van der Waals surface area (Å²) in [5, 5.41) is 2.38. The maximum Gasteiger partial charge on any atom is 0.413 e. The highest BCUT2D eigenvalue weighted by Crippen LogP contribution is 2.03. The molecule has 0 aliphatic carbocycles. The summed E-state index contributed by atoms with van der Waals surface area (Å²) in [5.41, 5.74) is 0.346. The predicted molar refractivity (Wildman–Crippen MR) is 75.1 cm³/mol. The number of nitrogens with zero attached hydrogens (tertiary/aromatic N) is 2. The summed E-state index contributed by atoms with van der Waals surface area (Å²) in [5.74, 6) is 0.131. The van der Waals surface area contributed by atoms with Gasteiger partial charge in [0.15, 0.2) is 0 Å². The van der Waals surface area contributed by atoms with Gasteiger partial charge in [0.05, 0.1) is 0 Å². The van der Waals surface area contributed by atoms with E-state index in [9.17, 15) is 9.59 Å². The maximum atomic E-state index is 11.5. The van der Waals surface area contributed by atoms with Crippen molar-refractivity contribution in [3.8, 4) is 0 Å². The second-order valence-electron chi connectivity index (χ2n) is 3.87. The maximum absolute atomic E-state index is 11.5. The van der Waals surface area contributed by atoms with Gasteiger partial charge >= 0.3 is 11.8 Å². The quantitative estimate of drug-likeness (QED) is 0.924. The largest absolute Gasteiger partial charge is 0.444 e. The molecule has 0 atom stereocenters. The number of carbonyl (C=O) groups excluding carboxylic acids is 1. The summed E-state index contributed by atoms with van der Waals surface area (Å²) >= 11 is 0. The van der Waals surface area contributed by atoms with Gasteiger partial charge in [-0.05, 0) is 11.6 Å². The van der Waals surface area contributed by atoms with Crippen LogP contribution in [0.5, 0.6) is 0 Å². The molecule has 2 aromatic rings. The van der Waals surface area contributed by atoms with Crippen LogP contribution in [-0.2, 0) is 11.3 Å². The molecule has 0 aliphatic rings. The van der Waals surface area contributed by atoms with Gasteiger partial charge in [0, 0.05) is 12.4 Å². The molecule has 0 saturated carbocycles. The second kappa shape index (κ2) is 6.33. The minimum atomic E-state index is -0.669. The lowest BCUT2D eigenvalue weighted by molar-refractivity contribution is 0.155. The van der Waals surface area contributed by atoms with E-state index in [0.29, 0.717) is 0 Å². The summed E-state index contributed by atoms with van der Waals surface area (Å²) in [6.07, 6.45) is 2.11. The van der Waals surface area contributed by atoms with Crippen molar-refractivity contribution < 1.29 is 9.53 Å². The number of amides is 1. The molecule has 0 saturated heterocycles. The van der Waals surface area contributed by atoms with Crippen LogP contribution in [0.2, 0.25) is 0 Å². The van der Waals surface area contributed by atoms with Crippen LogP contribution in [0.3, 0.4) is 0 Å². The first kappa shape index (κ1) is 13.5. The van der Waals surface area contributed by atoms with Crippen LogP contribution in [0.4, 0.5) is 10.6 Å². The van der Waals surface area contributed by atoms with Crippen LogP contribution in [0, 0.1) is 0 Å². The molecule has 0 fully saturated rings. The Morgan fingerprint density at radius 1 is 1.35 bits per heavy atom. The van der Waals surface area contributed by atoms with E-state index >= 15 is 0 Å². The van der Waals surface area contributed by atoms with Crippen molar-refractivity contribution in [2.45, 2.75) is 6.61 Å². The molecule has 6 nitrogen and oxygen atoms in total. The van der Waals surface area contributed by atoms with Gasteiger partial charge in [0.25, 0.3) is 0 Å². The predicted octanol–water partition coefficient (Wildman–Crippen LogP) is 2.09. The minimum absolute atomic E-state index is 0.131. The molecule has 1 heterocycles. The Morgan fingerprint density at radius 3 is 2.75 bits per heavy atom. The number of nitrogens with one attached hydrogen (secondary N) is 1. The van der Waals surface area contributed by atoms with Crippen molar-refractivity contribution in [3.05, 3.63) is 65.2 Å². The Hall–Kier alpha value is -2.89. The van der Waals surface area contributed by atoms with Gasteiger partial charge < -0.3 is 4.74 Å². The van der Waals surface area contributed by atoms with Crippen molar-refractivity contribution in [3.63, 3.8) is 0 Å². The molecule has 0 spiro atoms. The highest BCUT2D eigenvalue weighted by molar-refractivity contribution is 5.83. The molecule has 0 aliphatic heterocycles. The fourth-order valence-corrected chi connectivity index (χ4v) is 1.49. The van der Waals surface area contributed by atoms with Crippen molar-refractivity contribution in [2.24, 2.45) is 0 Å². The highest BCUT2D eigenvalue weighted by atomic mass is 16.5. The Labute approximate surface area is 115 Å². The number of hydrogen-bond acceptors (Lipinski definition) is 4. The van der Waals surface area contributed by atoms with Gasteiger partial charge in [0.1, 0.15) is 12.4 Å². The van der Waals surface area contributed by atoms with Crippen LogP contribution in [0.25, 0.3) is 6.20 Å². The molecule has 1 aromatic carbocycles. The molecule has 20 heavy (non-hydrogen) atoms. The molecular weight excluding hydrogens is 258 g/mol. The molecule has 0 bridgehead atoms. The van der Waals surface area contributed by atoms with Crippen molar-refractivity contribution >= 4 is 18.1 Å². The molecule has 1 aromatic heterocycles. The molecule has 2 rings (SSSR count). The average Bonchev–Trinajstić information content (AvgIpc) is 2.46. The Kier molecular flexibility index (Phi) is 4.28. The number of aromatic nitrogens is 2. The molecule has 1 amide bonds. The van der Waals surface area contributed by atoms with Crippen LogP contribution < -0.4 is 11.0 Å². The normalized spacial score (nSPS) is 9.80. The fraction of sp³-hybridized carbons (Fsp3) is 0.0714. The summed E-state index contributed by atoms with van der Waals surface area (Å²) in [7, 11) is 0. The second-order valence-corrected chi connectivity index (χ2v) is 3.87. The number of ether oxygens (including phenoxy) is 1. The summed E-state index contributed by atoms with van der Waals surface area (Å²) in [6, 6.07) is 10.8. The zero-order valence-corrected chi connectivity index (χ0v) is 10.7. The van der Waals surface area contributed by atoms with E-state index in [0.717, 1.165) is 5.56 Å². The van der Waals surface area contributed by atoms with Crippen LogP contribution in [-0.4, -0.2) is 15.6 Å². The van der Waals surface area contributed by atoms with Gasteiger partial charge in [-0.1, -0.05) is 36.9 Å². The molecule has 0 unspecified atom stereocenters. The van der Waals surface area contributed by atoms with Crippen LogP contribution in [0.15, 0.2) is 54.0 Å². The van der Waals surface area contributed by atoms with Gasteiger partial charge in [-0.2, -0.15) is 4.98 Å². The number of hydrogen-bond donors (Lipinski definition) is 1. The SMILES string of the molecule is C=Cn1ccc(NC(=O)OCc2ccccc2)nc1=O. The van der Waals surface area contributed by atoms with E-state index < -0.39 is 11.8 Å². The first-order valence-electron chi connectivity index (χ1n) is 5.88. The Balaban J connectivity index is 1.93. The number of rotatable bonds is 4.